The molecular formula is C18H27IN4S. The minimum Gasteiger partial charge on any atom is -0.357 e. The van der Waals surface area contributed by atoms with Gasteiger partial charge in [-0.1, -0.05) is 19.1 Å². The largest absolute Gasteiger partial charge is 0.357 e. The number of aliphatic imine (C=N–C) groups is 1. The summed E-state index contributed by atoms with van der Waals surface area (Å²) in [6.07, 6.45) is 5.76. The zero-order chi connectivity index (χ0) is 16.3. The van der Waals surface area contributed by atoms with Crippen LogP contribution in [0.2, 0.25) is 0 Å². The molecule has 0 bridgehead atoms. The van der Waals surface area contributed by atoms with Gasteiger partial charge in [0, 0.05) is 36.9 Å². The zero-order valence-electron chi connectivity index (χ0n) is 14.4. The number of aromatic nitrogens is 1. The van der Waals surface area contributed by atoms with Crippen LogP contribution < -0.4 is 10.6 Å². The van der Waals surface area contributed by atoms with E-state index in [2.05, 4.69) is 53.0 Å². The lowest BCUT2D eigenvalue weighted by Gasteiger charge is -2.13. The van der Waals surface area contributed by atoms with E-state index in [1.165, 1.54) is 10.4 Å². The molecule has 1 atom stereocenters. The molecule has 2 aromatic heterocycles. The van der Waals surface area contributed by atoms with E-state index >= 15 is 0 Å². The number of nitrogens with zero attached hydrogens (tertiary/aromatic N) is 2. The second kappa shape index (κ2) is 12.2. The van der Waals surface area contributed by atoms with Crippen molar-refractivity contribution in [3.8, 4) is 0 Å². The number of hydrogen-bond acceptors (Lipinski definition) is 3. The summed E-state index contributed by atoms with van der Waals surface area (Å²) in [5, 5.41) is 8.84. The van der Waals surface area contributed by atoms with Gasteiger partial charge in [0.05, 0.1) is 0 Å². The maximum Gasteiger partial charge on any atom is 0.191 e. The number of thiophene rings is 1. The van der Waals surface area contributed by atoms with Gasteiger partial charge in [-0.15, -0.1) is 35.3 Å². The molecule has 0 aliphatic carbocycles. The summed E-state index contributed by atoms with van der Waals surface area (Å²) in [4.78, 5) is 10.3. The number of nitrogens with one attached hydrogen (secondary N) is 2. The first-order chi connectivity index (χ1) is 11.3. The highest BCUT2D eigenvalue weighted by Gasteiger charge is 2.05. The van der Waals surface area contributed by atoms with E-state index in [9.17, 15) is 0 Å². The Balaban J connectivity index is 0.00000288. The summed E-state index contributed by atoms with van der Waals surface area (Å²) < 4.78 is 0. The van der Waals surface area contributed by atoms with Crippen LogP contribution in [-0.2, 0) is 12.8 Å². The lowest BCUT2D eigenvalue weighted by Crippen LogP contribution is -2.38. The molecule has 24 heavy (non-hydrogen) atoms. The average Bonchev–Trinajstić information content (AvgIpc) is 3.06. The lowest BCUT2D eigenvalue weighted by molar-refractivity contribution is 0.595. The molecule has 0 aliphatic rings. The highest BCUT2D eigenvalue weighted by atomic mass is 127. The summed E-state index contributed by atoms with van der Waals surface area (Å²) in [5.74, 6) is 1.44. The van der Waals surface area contributed by atoms with E-state index in [1.54, 1.807) is 6.20 Å². The lowest BCUT2D eigenvalue weighted by atomic mass is 10.1. The molecule has 132 valence electrons. The number of pyridine rings is 1. The minimum absolute atomic E-state index is 0. The van der Waals surface area contributed by atoms with Gasteiger partial charge in [0.25, 0.3) is 0 Å². The van der Waals surface area contributed by atoms with Crippen LogP contribution in [-0.4, -0.2) is 30.6 Å². The molecular weight excluding hydrogens is 431 g/mol. The molecule has 4 nitrogen and oxygen atoms in total. The fraction of sp³-hybridized carbons (Fsp3) is 0.444. The van der Waals surface area contributed by atoms with Crippen molar-refractivity contribution in [1.82, 2.24) is 15.6 Å². The normalized spacial score (nSPS) is 12.3. The van der Waals surface area contributed by atoms with E-state index in [-0.39, 0.29) is 24.0 Å². The van der Waals surface area contributed by atoms with E-state index in [4.69, 9.17) is 4.99 Å². The van der Waals surface area contributed by atoms with Crippen molar-refractivity contribution in [2.24, 2.45) is 10.9 Å². The van der Waals surface area contributed by atoms with Crippen LogP contribution in [0, 0.1) is 5.92 Å². The molecule has 2 rings (SSSR count). The molecule has 2 heterocycles. The SMILES string of the molecule is CCNC(=NCC(C)Cc1cccs1)NCCc1cccnc1.I. The second-order valence-electron chi connectivity index (χ2n) is 5.65. The molecule has 0 aromatic carbocycles. The molecule has 0 aliphatic heterocycles. The summed E-state index contributed by atoms with van der Waals surface area (Å²) in [6.45, 7) is 6.91. The van der Waals surface area contributed by atoms with Crippen LogP contribution in [0.25, 0.3) is 0 Å². The van der Waals surface area contributed by atoms with Crippen molar-refractivity contribution < 1.29 is 0 Å². The highest BCUT2D eigenvalue weighted by Crippen LogP contribution is 2.14. The maximum atomic E-state index is 4.71. The van der Waals surface area contributed by atoms with Gasteiger partial charge in [0.15, 0.2) is 5.96 Å². The average molecular weight is 458 g/mol. The standard InChI is InChI=1S/C18H26N4S.HI/c1-3-20-18(21-10-8-16-6-4-9-19-14-16)22-13-15(2)12-17-7-5-11-23-17;/h4-7,9,11,14-15H,3,8,10,12-13H2,1-2H3,(H2,20,21,22);1H. The number of hydrogen-bond donors (Lipinski definition) is 2. The van der Waals surface area contributed by atoms with Crippen molar-refractivity contribution in [3.63, 3.8) is 0 Å². The van der Waals surface area contributed by atoms with Crippen molar-refractivity contribution in [2.45, 2.75) is 26.7 Å². The Morgan fingerprint density at radius 1 is 1.29 bits per heavy atom. The smallest absolute Gasteiger partial charge is 0.191 e. The Labute approximate surface area is 166 Å². The topological polar surface area (TPSA) is 49.3 Å². The third kappa shape index (κ3) is 8.10. The Kier molecular flexibility index (Phi) is 10.7. The van der Waals surface area contributed by atoms with Crippen LogP contribution in [0.3, 0.4) is 0 Å². The Bertz CT molecular complexity index is 572. The molecule has 0 fully saturated rings. The van der Waals surface area contributed by atoms with Crippen LogP contribution in [0.15, 0.2) is 47.0 Å². The maximum absolute atomic E-state index is 4.71. The molecule has 0 saturated heterocycles. The first-order valence-electron chi connectivity index (χ1n) is 8.21. The summed E-state index contributed by atoms with van der Waals surface area (Å²) >= 11 is 1.82. The molecule has 0 amide bonds. The highest BCUT2D eigenvalue weighted by molar-refractivity contribution is 14.0. The monoisotopic (exact) mass is 458 g/mol. The molecule has 2 N–H and O–H groups in total. The van der Waals surface area contributed by atoms with Crippen LogP contribution in [0.5, 0.6) is 0 Å². The molecule has 0 radical (unpaired) electrons. The molecule has 0 saturated carbocycles. The van der Waals surface area contributed by atoms with Crippen LogP contribution >= 0.6 is 35.3 Å². The third-order valence-electron chi connectivity index (χ3n) is 3.46. The predicted molar refractivity (Wildman–Crippen MR) is 115 cm³/mol. The van der Waals surface area contributed by atoms with Crippen LogP contribution in [0.1, 0.15) is 24.3 Å². The van der Waals surface area contributed by atoms with Gasteiger partial charge < -0.3 is 10.6 Å². The van der Waals surface area contributed by atoms with Gasteiger partial charge in [-0.05, 0) is 48.8 Å². The fourth-order valence-corrected chi connectivity index (χ4v) is 3.17. The van der Waals surface area contributed by atoms with Gasteiger partial charge >= 0.3 is 0 Å². The van der Waals surface area contributed by atoms with Gasteiger partial charge in [-0.2, -0.15) is 0 Å². The van der Waals surface area contributed by atoms with Crippen molar-refractivity contribution in [3.05, 3.63) is 52.5 Å². The minimum atomic E-state index is 0. The van der Waals surface area contributed by atoms with E-state index in [1.807, 2.05) is 23.6 Å². The van der Waals surface area contributed by atoms with Crippen molar-refractivity contribution in [1.29, 1.82) is 0 Å². The third-order valence-corrected chi connectivity index (χ3v) is 4.36. The molecule has 0 spiro atoms. The molecule has 2 aromatic rings. The first-order valence-corrected chi connectivity index (χ1v) is 9.09. The number of guanidine groups is 1. The van der Waals surface area contributed by atoms with Crippen molar-refractivity contribution >= 4 is 41.3 Å². The summed E-state index contributed by atoms with van der Waals surface area (Å²) in [7, 11) is 0. The molecule has 1 unspecified atom stereocenters. The Hall–Kier alpha value is -1.15. The van der Waals surface area contributed by atoms with E-state index in [0.29, 0.717) is 5.92 Å². The van der Waals surface area contributed by atoms with Gasteiger partial charge in [-0.3, -0.25) is 9.98 Å². The Morgan fingerprint density at radius 2 is 2.17 bits per heavy atom. The predicted octanol–water partition coefficient (Wildman–Crippen LogP) is 3.74. The van der Waals surface area contributed by atoms with Gasteiger partial charge in [0.1, 0.15) is 0 Å². The Morgan fingerprint density at radius 3 is 2.83 bits per heavy atom. The van der Waals surface area contributed by atoms with E-state index < -0.39 is 0 Å². The summed E-state index contributed by atoms with van der Waals surface area (Å²) in [5.41, 5.74) is 1.24. The summed E-state index contributed by atoms with van der Waals surface area (Å²) in [6, 6.07) is 8.38. The fourth-order valence-electron chi connectivity index (χ4n) is 2.30. The van der Waals surface area contributed by atoms with Crippen LogP contribution in [0.4, 0.5) is 0 Å². The number of rotatable bonds is 8. The molecule has 6 heteroatoms. The van der Waals surface area contributed by atoms with E-state index in [0.717, 1.165) is 38.4 Å². The van der Waals surface area contributed by atoms with Gasteiger partial charge in [-0.25, -0.2) is 0 Å². The first kappa shape index (κ1) is 20.9. The second-order valence-corrected chi connectivity index (χ2v) is 6.68. The van der Waals surface area contributed by atoms with Gasteiger partial charge in [0.2, 0.25) is 0 Å². The quantitative estimate of drug-likeness (QED) is 0.360. The zero-order valence-corrected chi connectivity index (χ0v) is 17.5. The number of halogens is 1. The van der Waals surface area contributed by atoms with Crippen molar-refractivity contribution in [2.75, 3.05) is 19.6 Å².